The largest absolute Gasteiger partial charge is 0.325 e. The highest BCUT2D eigenvalue weighted by Crippen LogP contribution is 2.53. The SMILES string of the molecule is Cc1ccc(N2C(=O)[C@@H]3[C@H](c4cccnc4)c4sc(=O)n(CC(=O)Nc5ccc(F)cc5)c4S[C@@H]3C2=O)cc1. The van der Waals surface area contributed by atoms with Gasteiger partial charge in [0, 0.05) is 28.9 Å². The number of rotatable bonds is 5. The molecule has 4 aromatic rings. The zero-order chi connectivity index (χ0) is 27.3. The van der Waals surface area contributed by atoms with E-state index >= 15 is 0 Å². The maximum absolute atomic E-state index is 13.8. The minimum Gasteiger partial charge on any atom is -0.325 e. The summed E-state index contributed by atoms with van der Waals surface area (Å²) in [5.41, 5.74) is 2.60. The molecule has 8 nitrogen and oxygen atoms in total. The molecule has 0 spiro atoms. The molecule has 6 rings (SSSR count). The number of thioether (sulfide) groups is 1. The summed E-state index contributed by atoms with van der Waals surface area (Å²) in [4.78, 5) is 59.2. The fraction of sp³-hybridized carbons (Fsp3) is 0.179. The summed E-state index contributed by atoms with van der Waals surface area (Å²) in [6.45, 7) is 1.63. The summed E-state index contributed by atoms with van der Waals surface area (Å²) >= 11 is 2.12. The number of nitrogens with zero attached hydrogens (tertiary/aromatic N) is 3. The third-order valence-corrected chi connectivity index (χ3v) is 9.42. The first-order chi connectivity index (χ1) is 18.8. The first-order valence-electron chi connectivity index (χ1n) is 12.1. The van der Waals surface area contributed by atoms with Crippen LogP contribution in [-0.4, -0.2) is 32.5 Å². The Hall–Kier alpha value is -4.09. The van der Waals surface area contributed by atoms with E-state index in [1.54, 1.807) is 30.6 Å². The number of fused-ring (bicyclic) bond motifs is 2. The molecular weight excluding hydrogens is 539 g/mol. The molecule has 0 bridgehead atoms. The van der Waals surface area contributed by atoms with E-state index in [0.29, 0.717) is 26.8 Å². The first kappa shape index (κ1) is 25.2. The van der Waals surface area contributed by atoms with Crippen molar-refractivity contribution in [3.63, 3.8) is 0 Å². The van der Waals surface area contributed by atoms with Crippen molar-refractivity contribution < 1.29 is 18.8 Å². The molecular formula is C28H21FN4O4S2. The predicted molar refractivity (Wildman–Crippen MR) is 146 cm³/mol. The summed E-state index contributed by atoms with van der Waals surface area (Å²) in [6.07, 6.45) is 3.26. The van der Waals surface area contributed by atoms with Crippen molar-refractivity contribution in [1.29, 1.82) is 0 Å². The van der Waals surface area contributed by atoms with Gasteiger partial charge >= 0.3 is 4.87 Å². The second-order valence-corrected chi connectivity index (χ2v) is 11.5. The molecule has 1 saturated heterocycles. The van der Waals surface area contributed by atoms with Crippen LogP contribution in [0.1, 0.15) is 21.9 Å². The van der Waals surface area contributed by atoms with Crippen LogP contribution >= 0.6 is 23.1 Å². The number of hydrogen-bond donors (Lipinski definition) is 1. The first-order valence-corrected chi connectivity index (χ1v) is 13.8. The van der Waals surface area contributed by atoms with Gasteiger partial charge in [-0.05, 0) is 55.0 Å². The van der Waals surface area contributed by atoms with Gasteiger partial charge in [0.05, 0.1) is 16.6 Å². The molecule has 196 valence electrons. The number of pyridine rings is 1. The van der Waals surface area contributed by atoms with Gasteiger partial charge in [0.2, 0.25) is 17.7 Å². The fourth-order valence-electron chi connectivity index (χ4n) is 5.00. The second kappa shape index (κ2) is 9.90. The number of aromatic nitrogens is 2. The third kappa shape index (κ3) is 4.47. The number of hydrogen-bond acceptors (Lipinski definition) is 7. The zero-order valence-corrected chi connectivity index (χ0v) is 22.2. The predicted octanol–water partition coefficient (Wildman–Crippen LogP) is 4.19. The Labute approximate surface area is 230 Å². The number of carbonyl (C=O) groups excluding carboxylic acids is 3. The van der Waals surface area contributed by atoms with Crippen molar-refractivity contribution in [2.45, 2.75) is 29.7 Å². The van der Waals surface area contributed by atoms with E-state index in [9.17, 15) is 23.6 Å². The Bertz CT molecular complexity index is 1650. The van der Waals surface area contributed by atoms with Crippen LogP contribution in [0.15, 0.2) is 82.9 Å². The Balaban J connectivity index is 1.39. The van der Waals surface area contributed by atoms with Crippen molar-refractivity contribution >= 4 is 52.2 Å². The molecule has 2 aromatic heterocycles. The summed E-state index contributed by atoms with van der Waals surface area (Å²) in [5.74, 6) is -2.91. The molecule has 2 aromatic carbocycles. The molecule has 3 amide bonds. The van der Waals surface area contributed by atoms with Gasteiger partial charge in [-0.15, -0.1) is 0 Å². The third-order valence-electron chi connectivity index (χ3n) is 6.81. The number of benzene rings is 2. The molecule has 2 aliphatic heterocycles. The number of aryl methyl sites for hydroxylation is 1. The highest BCUT2D eigenvalue weighted by atomic mass is 32.2. The summed E-state index contributed by atoms with van der Waals surface area (Å²) in [5, 5.41) is 2.38. The van der Waals surface area contributed by atoms with Crippen LogP contribution in [0, 0.1) is 18.7 Å². The van der Waals surface area contributed by atoms with Crippen LogP contribution in [-0.2, 0) is 20.9 Å². The normalized spacial score (nSPS) is 20.1. The molecule has 1 N–H and O–H groups in total. The van der Waals surface area contributed by atoms with Crippen LogP contribution in [0.3, 0.4) is 0 Å². The second-order valence-electron chi connectivity index (χ2n) is 9.35. The molecule has 1 fully saturated rings. The molecule has 0 radical (unpaired) electrons. The smallest absolute Gasteiger partial charge is 0.308 e. The number of amides is 3. The molecule has 4 heterocycles. The maximum atomic E-state index is 13.8. The topological polar surface area (TPSA) is 101 Å². The minimum absolute atomic E-state index is 0.296. The van der Waals surface area contributed by atoms with Crippen molar-refractivity contribution in [3.05, 3.63) is 105 Å². The number of carbonyl (C=O) groups is 3. The Kier molecular flexibility index (Phi) is 6.40. The van der Waals surface area contributed by atoms with Gasteiger partial charge in [-0.1, -0.05) is 46.9 Å². The van der Waals surface area contributed by atoms with E-state index in [-0.39, 0.29) is 23.2 Å². The van der Waals surface area contributed by atoms with Gasteiger partial charge in [0.25, 0.3) is 0 Å². The van der Waals surface area contributed by atoms with Gasteiger partial charge in [0.15, 0.2) is 0 Å². The van der Waals surface area contributed by atoms with Crippen molar-refractivity contribution in [3.8, 4) is 0 Å². The quantitative estimate of drug-likeness (QED) is 0.368. The van der Waals surface area contributed by atoms with E-state index in [1.165, 1.54) is 33.7 Å². The lowest BCUT2D eigenvalue weighted by molar-refractivity contribution is -0.122. The number of nitrogens with one attached hydrogen (secondary N) is 1. The van der Waals surface area contributed by atoms with Crippen molar-refractivity contribution in [1.82, 2.24) is 9.55 Å². The molecule has 0 aliphatic carbocycles. The zero-order valence-electron chi connectivity index (χ0n) is 20.5. The standard InChI is InChI=1S/C28H21FN4O4S2/c1-15-4-10-19(11-5-15)33-25(35)22-21(16-3-2-12-30-13-16)24-27(38-23(22)26(33)36)32(28(37)39-24)14-20(34)31-18-8-6-17(29)7-9-18/h2-13,21-23H,14H2,1H3,(H,31,34)/t21-,22+,23-/m0/s1. The highest BCUT2D eigenvalue weighted by Gasteiger charge is 2.56. The summed E-state index contributed by atoms with van der Waals surface area (Å²) in [7, 11) is 0. The molecule has 3 atom stereocenters. The number of thiazole rings is 1. The lowest BCUT2D eigenvalue weighted by atomic mass is 9.84. The van der Waals surface area contributed by atoms with E-state index < -0.39 is 28.8 Å². The van der Waals surface area contributed by atoms with Crippen LogP contribution < -0.4 is 15.1 Å². The van der Waals surface area contributed by atoms with Crippen LogP contribution in [0.5, 0.6) is 0 Å². The number of imide groups is 1. The Morgan fingerprint density at radius 1 is 1.03 bits per heavy atom. The molecule has 0 unspecified atom stereocenters. The monoisotopic (exact) mass is 560 g/mol. The van der Waals surface area contributed by atoms with Crippen LogP contribution in [0.2, 0.25) is 0 Å². The van der Waals surface area contributed by atoms with Gasteiger partial charge in [-0.2, -0.15) is 0 Å². The lowest BCUT2D eigenvalue weighted by Gasteiger charge is -2.30. The Morgan fingerprint density at radius 2 is 1.77 bits per heavy atom. The molecule has 11 heteroatoms. The fourth-order valence-corrected chi connectivity index (χ4v) is 7.77. The molecule has 39 heavy (non-hydrogen) atoms. The van der Waals surface area contributed by atoms with Crippen LogP contribution in [0.4, 0.5) is 15.8 Å². The number of anilines is 2. The summed E-state index contributed by atoms with van der Waals surface area (Å²) in [6, 6.07) is 16.1. The van der Waals surface area contributed by atoms with E-state index in [1.807, 2.05) is 25.1 Å². The van der Waals surface area contributed by atoms with Crippen molar-refractivity contribution in [2.24, 2.45) is 5.92 Å². The molecule has 0 saturated carbocycles. The van der Waals surface area contributed by atoms with Gasteiger partial charge in [0.1, 0.15) is 17.6 Å². The number of halogens is 1. The van der Waals surface area contributed by atoms with E-state index in [2.05, 4.69) is 10.3 Å². The minimum atomic E-state index is -0.781. The van der Waals surface area contributed by atoms with E-state index in [4.69, 9.17) is 0 Å². The van der Waals surface area contributed by atoms with E-state index in [0.717, 1.165) is 28.7 Å². The molecule has 2 aliphatic rings. The van der Waals surface area contributed by atoms with Crippen LogP contribution in [0.25, 0.3) is 0 Å². The summed E-state index contributed by atoms with van der Waals surface area (Å²) < 4.78 is 14.6. The Morgan fingerprint density at radius 3 is 2.46 bits per heavy atom. The lowest BCUT2D eigenvalue weighted by Crippen LogP contribution is -2.33. The van der Waals surface area contributed by atoms with Gasteiger partial charge < -0.3 is 5.32 Å². The highest BCUT2D eigenvalue weighted by molar-refractivity contribution is 8.00. The average Bonchev–Trinajstić information content (AvgIpc) is 3.37. The average molecular weight is 561 g/mol. The maximum Gasteiger partial charge on any atom is 0.308 e. The van der Waals surface area contributed by atoms with Gasteiger partial charge in [-0.3, -0.25) is 28.7 Å². The van der Waals surface area contributed by atoms with Gasteiger partial charge in [-0.25, -0.2) is 9.29 Å². The van der Waals surface area contributed by atoms with Crippen molar-refractivity contribution in [2.75, 3.05) is 10.2 Å².